The Hall–Kier alpha value is -3.16. The summed E-state index contributed by atoms with van der Waals surface area (Å²) in [4.78, 5) is 40.0. The number of rotatable bonds is 8. The number of carbonyl (C=O) groups excluding carboxylic acids is 2. The predicted octanol–water partition coefficient (Wildman–Crippen LogP) is 4.50. The number of aromatic nitrogens is 5. The van der Waals surface area contributed by atoms with Crippen molar-refractivity contribution < 1.29 is 23.9 Å². The molecule has 1 saturated carbocycles. The quantitative estimate of drug-likeness (QED) is 0.325. The maximum absolute atomic E-state index is 13.7. The molecule has 2 fully saturated rings. The van der Waals surface area contributed by atoms with Crippen molar-refractivity contribution in [2.45, 2.75) is 97.4 Å². The minimum Gasteiger partial charge on any atom is -0.458 e. The highest BCUT2D eigenvalue weighted by Crippen LogP contribution is 2.45. The van der Waals surface area contributed by atoms with Crippen LogP contribution in [0.15, 0.2) is 18.2 Å². The summed E-state index contributed by atoms with van der Waals surface area (Å²) in [5.41, 5.74) is 0.833. The Kier molecular flexibility index (Phi) is 5.06. The number of aryl methyl sites for hydroxylation is 5. The highest BCUT2D eigenvalue weighted by Gasteiger charge is 2.51. The maximum Gasteiger partial charge on any atom is 0.317 e. The normalized spacial score (nSPS) is 26.1. The fraction of sp³-hybridized carbons (Fsp3) is 0.586. The van der Waals surface area contributed by atoms with E-state index in [9.17, 15) is 9.59 Å². The van der Waals surface area contributed by atoms with Crippen LogP contribution in [0.2, 0.25) is 0 Å². The molecule has 5 rings (SSSR count). The summed E-state index contributed by atoms with van der Waals surface area (Å²) in [5.74, 6) is -2.49. The summed E-state index contributed by atoms with van der Waals surface area (Å²) in [6.07, 6.45) is 6.35. The topological polar surface area (TPSA) is 99.3 Å². The summed E-state index contributed by atoms with van der Waals surface area (Å²) in [7, 11) is 0. The van der Waals surface area contributed by atoms with Gasteiger partial charge in [-0.3, -0.25) is 14.6 Å². The van der Waals surface area contributed by atoms with E-state index in [1.54, 1.807) is 0 Å². The van der Waals surface area contributed by atoms with E-state index in [1.165, 1.54) is 0 Å². The predicted molar refractivity (Wildman–Crippen MR) is 139 cm³/mol. The van der Waals surface area contributed by atoms with Gasteiger partial charge in [-0.15, -0.1) is 5.10 Å². The van der Waals surface area contributed by atoms with Crippen LogP contribution in [-0.2, 0) is 40.0 Å². The minimum atomic E-state index is -2.89. The van der Waals surface area contributed by atoms with Gasteiger partial charge in [-0.05, 0) is 81.9 Å². The van der Waals surface area contributed by atoms with Gasteiger partial charge in [0.25, 0.3) is 5.78 Å². The lowest BCUT2D eigenvalue weighted by atomic mass is 9.73. The Morgan fingerprint density at radius 2 is 1.86 bits per heavy atom. The van der Waals surface area contributed by atoms with Gasteiger partial charge in [0.05, 0.1) is 1.37 Å². The Balaban J connectivity index is 1.42. The van der Waals surface area contributed by atoms with Crippen LogP contribution in [0.25, 0.3) is 5.78 Å². The van der Waals surface area contributed by atoms with Crippen molar-refractivity contribution in [2.24, 2.45) is 11.8 Å². The lowest BCUT2D eigenvalue weighted by Crippen LogP contribution is -2.52. The zero-order valence-corrected chi connectivity index (χ0v) is 21.3. The second kappa shape index (κ2) is 10.3. The highest BCUT2D eigenvalue weighted by molar-refractivity contribution is 6.01. The van der Waals surface area contributed by atoms with E-state index in [1.807, 2.05) is 0 Å². The maximum atomic E-state index is 13.7. The molecule has 0 N–H and O–H groups in total. The van der Waals surface area contributed by atoms with Gasteiger partial charge in [-0.25, -0.2) is 9.50 Å². The molecule has 1 aliphatic carbocycles. The van der Waals surface area contributed by atoms with E-state index in [0.29, 0.717) is 12.8 Å². The number of ether oxygens (including phenoxy) is 1. The van der Waals surface area contributed by atoms with Crippen molar-refractivity contribution >= 4 is 17.5 Å². The molecule has 0 spiro atoms. The lowest BCUT2D eigenvalue weighted by molar-refractivity contribution is -0.185. The van der Waals surface area contributed by atoms with Crippen molar-refractivity contribution in [2.75, 3.05) is 0 Å². The summed E-state index contributed by atoms with van der Waals surface area (Å²) in [6.45, 7) is -1.63. The summed E-state index contributed by atoms with van der Waals surface area (Å²) in [6, 6.07) is 3.37. The molecule has 2 atom stereocenters. The number of esters is 1. The van der Waals surface area contributed by atoms with Crippen molar-refractivity contribution in [3.63, 3.8) is 0 Å². The van der Waals surface area contributed by atoms with Crippen molar-refractivity contribution in [1.82, 2.24) is 24.6 Å². The standard InChI is InChI=1S/C29H37N5O3/c1-5-22-14-20(15-23(6-2)31-22)11-12-29(21-9-7-8-10-21)17-25(35)24(27(36)37-29)16-26-32-28-30-18(3)13-19(4)34(28)33-26/h13-15,21,24H,5-12,16-17H2,1-4H3/t24?,29-/m1/s1/i3D3,4D3,13D. The number of nitrogens with zero attached hydrogens (tertiary/aromatic N) is 5. The lowest BCUT2D eigenvalue weighted by Gasteiger charge is -2.43. The Labute approximate surface area is 228 Å². The fourth-order valence-electron chi connectivity index (χ4n) is 5.79. The molecule has 0 radical (unpaired) electrons. The Morgan fingerprint density at radius 3 is 2.51 bits per heavy atom. The first-order valence-electron chi connectivity index (χ1n) is 16.7. The Morgan fingerprint density at radius 1 is 1.11 bits per heavy atom. The van der Waals surface area contributed by atoms with Crippen LogP contribution in [-0.4, -0.2) is 41.9 Å². The molecule has 196 valence electrons. The van der Waals surface area contributed by atoms with E-state index >= 15 is 0 Å². The molecule has 0 bridgehead atoms. The number of ketones is 1. The molecule has 4 heterocycles. The van der Waals surface area contributed by atoms with Crippen LogP contribution >= 0.6 is 0 Å². The third-order valence-corrected chi connectivity index (χ3v) is 7.78. The summed E-state index contributed by atoms with van der Waals surface area (Å²) < 4.78 is 62.0. The van der Waals surface area contributed by atoms with Gasteiger partial charge in [0.1, 0.15) is 11.5 Å². The largest absolute Gasteiger partial charge is 0.458 e. The second-order valence-electron chi connectivity index (χ2n) is 10.2. The monoisotopic (exact) mass is 510 g/mol. The average Bonchev–Trinajstić information content (AvgIpc) is 3.62. The van der Waals surface area contributed by atoms with Gasteiger partial charge in [0.15, 0.2) is 11.6 Å². The molecule has 3 aromatic rings. The third-order valence-electron chi connectivity index (χ3n) is 7.78. The molecule has 1 saturated heterocycles. The molecule has 0 amide bonds. The van der Waals surface area contributed by atoms with Gasteiger partial charge in [-0.2, -0.15) is 4.98 Å². The molecular weight excluding hydrogens is 466 g/mol. The number of carbonyl (C=O) groups is 2. The smallest absolute Gasteiger partial charge is 0.317 e. The number of Topliss-reactive ketones (excluding diaryl/α,β-unsaturated/α-hetero) is 1. The first kappa shape index (κ1) is 18.2. The van der Waals surface area contributed by atoms with E-state index in [2.05, 4.69) is 46.0 Å². The van der Waals surface area contributed by atoms with E-state index < -0.39 is 48.6 Å². The summed E-state index contributed by atoms with van der Waals surface area (Å²) in [5, 5.41) is 4.16. The van der Waals surface area contributed by atoms with Crippen LogP contribution in [0.1, 0.15) is 96.1 Å². The van der Waals surface area contributed by atoms with Crippen LogP contribution in [0.4, 0.5) is 0 Å². The molecule has 3 aromatic heterocycles. The molecule has 1 unspecified atom stereocenters. The van der Waals surface area contributed by atoms with Crippen LogP contribution in [0, 0.1) is 25.5 Å². The number of hydrogen-bond acceptors (Lipinski definition) is 7. The van der Waals surface area contributed by atoms with Crippen LogP contribution in [0.3, 0.4) is 0 Å². The minimum absolute atomic E-state index is 0.0621. The van der Waals surface area contributed by atoms with Crippen molar-refractivity contribution in [1.29, 1.82) is 0 Å². The molecule has 8 heteroatoms. The van der Waals surface area contributed by atoms with Gasteiger partial charge in [0, 0.05) is 43.8 Å². The average molecular weight is 511 g/mol. The molecule has 0 aromatic carbocycles. The molecule has 1 aliphatic heterocycles. The van der Waals surface area contributed by atoms with Crippen molar-refractivity contribution in [3.8, 4) is 0 Å². The van der Waals surface area contributed by atoms with Gasteiger partial charge in [0.2, 0.25) is 0 Å². The highest BCUT2D eigenvalue weighted by atomic mass is 16.6. The van der Waals surface area contributed by atoms with Crippen LogP contribution < -0.4 is 0 Å². The number of fused-ring (bicyclic) bond motifs is 1. The molecule has 2 aliphatic rings. The molecular formula is C29H37N5O3. The Bertz CT molecular complexity index is 1540. The first-order valence-corrected chi connectivity index (χ1v) is 13.2. The van der Waals surface area contributed by atoms with Crippen molar-refractivity contribution in [3.05, 3.63) is 52.3 Å². The fourth-order valence-corrected chi connectivity index (χ4v) is 5.79. The number of cyclic esters (lactones) is 1. The zero-order valence-electron chi connectivity index (χ0n) is 28.3. The van der Waals surface area contributed by atoms with E-state index in [0.717, 1.165) is 60.0 Å². The summed E-state index contributed by atoms with van der Waals surface area (Å²) >= 11 is 0. The SMILES string of the molecule is [2H]c1c(C([2H])([2H])[2H])nc2nc(CC3C(=O)C[C@](CCc4cc(CC)nc(CC)c4)(C4CCCC4)OC3=O)nn2c1C([2H])([2H])[2H]. The first-order chi connectivity index (χ1) is 20.6. The molecule has 37 heavy (non-hydrogen) atoms. The number of hydrogen-bond donors (Lipinski definition) is 0. The van der Waals surface area contributed by atoms with Gasteiger partial charge < -0.3 is 4.74 Å². The second-order valence-corrected chi connectivity index (χ2v) is 10.2. The van der Waals surface area contributed by atoms with Gasteiger partial charge >= 0.3 is 5.97 Å². The van der Waals surface area contributed by atoms with Crippen LogP contribution in [0.5, 0.6) is 0 Å². The zero-order chi connectivity index (χ0) is 32.0. The van der Waals surface area contributed by atoms with E-state index in [-0.39, 0.29) is 36.1 Å². The van der Waals surface area contributed by atoms with E-state index in [4.69, 9.17) is 14.3 Å². The molecule has 8 nitrogen and oxygen atoms in total. The van der Waals surface area contributed by atoms with Gasteiger partial charge in [-0.1, -0.05) is 26.7 Å². The number of pyridine rings is 1. The third kappa shape index (κ3) is 5.15.